The van der Waals surface area contributed by atoms with Gasteiger partial charge in [-0.2, -0.15) is 10.2 Å². The summed E-state index contributed by atoms with van der Waals surface area (Å²) in [5, 5.41) is 14.1. The molecule has 1 aliphatic heterocycles. The van der Waals surface area contributed by atoms with Crippen molar-refractivity contribution in [2.45, 2.75) is 70.2 Å². The van der Waals surface area contributed by atoms with Crippen molar-refractivity contribution in [3.63, 3.8) is 0 Å². The molecule has 0 spiro atoms. The van der Waals surface area contributed by atoms with Crippen LogP contribution in [0.2, 0.25) is 0 Å². The largest absolute Gasteiger partial charge is 0.444 e. The van der Waals surface area contributed by atoms with Gasteiger partial charge in [0.1, 0.15) is 17.7 Å². The highest BCUT2D eigenvalue weighted by atomic mass is 19.3. The molecular weight excluding hydrogens is 534 g/mol. The number of H-pyrrole nitrogens is 1. The van der Waals surface area contributed by atoms with Gasteiger partial charge in [0, 0.05) is 31.5 Å². The third-order valence-electron chi connectivity index (χ3n) is 7.70. The molecule has 1 saturated carbocycles. The van der Waals surface area contributed by atoms with Gasteiger partial charge in [0.15, 0.2) is 5.69 Å². The Kier molecular flexibility index (Phi) is 7.63. The van der Waals surface area contributed by atoms with Crippen LogP contribution in [0, 0.1) is 0 Å². The van der Waals surface area contributed by atoms with Gasteiger partial charge in [0.25, 0.3) is 12.3 Å². The molecule has 4 aromatic rings. The fourth-order valence-electron chi connectivity index (χ4n) is 5.83. The Morgan fingerprint density at radius 1 is 1.10 bits per heavy atom. The maximum atomic E-state index is 13.5. The molecular formula is C28H32F2N8O3. The highest BCUT2D eigenvalue weighted by Gasteiger charge is 2.32. The molecule has 11 nitrogen and oxygen atoms in total. The first-order valence-corrected chi connectivity index (χ1v) is 13.8. The molecule has 2 aliphatic rings. The molecule has 1 amide bonds. The van der Waals surface area contributed by atoms with Gasteiger partial charge in [-0.05, 0) is 51.7 Å². The zero-order valence-electron chi connectivity index (χ0n) is 22.8. The minimum absolute atomic E-state index is 0.0590. The summed E-state index contributed by atoms with van der Waals surface area (Å²) in [5.41, 5.74) is 1.23. The van der Waals surface area contributed by atoms with Crippen molar-refractivity contribution >= 4 is 11.6 Å². The molecule has 2 N–H and O–H groups in total. The number of nitrogens with zero attached hydrogens (tertiary/aromatic N) is 6. The van der Waals surface area contributed by atoms with Crippen molar-refractivity contribution in [3.8, 4) is 22.8 Å². The van der Waals surface area contributed by atoms with Gasteiger partial charge >= 0.3 is 0 Å². The van der Waals surface area contributed by atoms with Crippen LogP contribution in [0.1, 0.15) is 68.2 Å². The second kappa shape index (κ2) is 11.5. The Balaban J connectivity index is 1.23. The summed E-state index contributed by atoms with van der Waals surface area (Å²) in [7, 11) is 0. The molecule has 0 unspecified atom stereocenters. The molecule has 41 heavy (non-hydrogen) atoms. The Hall–Kier alpha value is -3.97. The van der Waals surface area contributed by atoms with Gasteiger partial charge in [-0.15, -0.1) is 0 Å². The number of hydrogen-bond donors (Lipinski definition) is 2. The molecule has 0 aromatic carbocycles. The maximum Gasteiger partial charge on any atom is 0.280 e. The Morgan fingerprint density at radius 3 is 2.56 bits per heavy atom. The lowest BCUT2D eigenvalue weighted by Gasteiger charge is -2.42. The summed E-state index contributed by atoms with van der Waals surface area (Å²) in [6, 6.07) is 4.97. The number of amides is 1. The molecule has 6 rings (SSSR count). The zero-order valence-corrected chi connectivity index (χ0v) is 22.8. The molecule has 5 heterocycles. The number of alkyl halides is 2. The zero-order chi connectivity index (χ0) is 28.5. The number of aromatic amines is 1. The first-order valence-electron chi connectivity index (χ1n) is 13.8. The first kappa shape index (κ1) is 27.2. The second-order valence-corrected chi connectivity index (χ2v) is 10.8. The molecule has 216 valence electrons. The van der Waals surface area contributed by atoms with E-state index in [1.165, 1.54) is 24.6 Å². The second-order valence-electron chi connectivity index (χ2n) is 10.8. The van der Waals surface area contributed by atoms with Crippen molar-refractivity contribution in [1.29, 1.82) is 0 Å². The van der Waals surface area contributed by atoms with Crippen LogP contribution in [0.3, 0.4) is 0 Å². The number of ether oxygens (including phenoxy) is 1. The van der Waals surface area contributed by atoms with Crippen LogP contribution < -0.4 is 5.32 Å². The molecule has 2 atom stereocenters. The number of anilines is 1. The van der Waals surface area contributed by atoms with E-state index >= 15 is 0 Å². The molecule has 0 bridgehead atoms. The van der Waals surface area contributed by atoms with Crippen LogP contribution in [0.5, 0.6) is 0 Å². The van der Waals surface area contributed by atoms with E-state index in [2.05, 4.69) is 44.2 Å². The fraction of sp³-hybridized carbons (Fsp3) is 0.464. The summed E-state index contributed by atoms with van der Waals surface area (Å²) in [6.45, 7) is 6.09. The van der Waals surface area contributed by atoms with Crippen molar-refractivity contribution in [2.75, 3.05) is 18.4 Å². The Morgan fingerprint density at radius 2 is 1.85 bits per heavy atom. The lowest BCUT2D eigenvalue weighted by molar-refractivity contribution is -0.0852. The monoisotopic (exact) mass is 566 g/mol. The summed E-state index contributed by atoms with van der Waals surface area (Å²) in [5.74, 6) is -0.277. The van der Waals surface area contributed by atoms with Gasteiger partial charge in [-0.3, -0.25) is 19.5 Å². The lowest BCUT2D eigenvalue weighted by atomic mass is 9.89. The number of oxazole rings is 1. The predicted molar refractivity (Wildman–Crippen MR) is 145 cm³/mol. The van der Waals surface area contributed by atoms with Gasteiger partial charge in [-0.1, -0.05) is 6.07 Å². The minimum Gasteiger partial charge on any atom is -0.444 e. The maximum absolute atomic E-state index is 13.5. The highest BCUT2D eigenvalue weighted by molar-refractivity contribution is 6.04. The quantitative estimate of drug-likeness (QED) is 0.316. The van der Waals surface area contributed by atoms with Crippen LogP contribution in [0.25, 0.3) is 22.8 Å². The summed E-state index contributed by atoms with van der Waals surface area (Å²) >= 11 is 0. The number of pyridine rings is 1. The number of carbonyl (C=O) groups excluding carboxylic acids is 1. The average molecular weight is 567 g/mol. The fourth-order valence-corrected chi connectivity index (χ4v) is 5.83. The third-order valence-corrected chi connectivity index (χ3v) is 7.70. The molecule has 1 aliphatic carbocycles. The summed E-state index contributed by atoms with van der Waals surface area (Å²) in [4.78, 5) is 24.1. The van der Waals surface area contributed by atoms with Crippen molar-refractivity contribution < 1.29 is 22.7 Å². The number of nitrogens with one attached hydrogen (secondary N) is 2. The van der Waals surface area contributed by atoms with E-state index in [4.69, 9.17) is 14.3 Å². The SMILES string of the molecule is C[C@@H]1CN([C@H]2CC[C@H](n3cc(NC(=O)c4coc(-c5cn[nH]c5)n4)c(-c4cccc(C(F)F)n4)n3)CC2)C[C@H](C)O1. The standard InChI is InChI=1S/C28H32F2N8O3/c1-16-12-37(13-17(2)41-16)19-6-8-20(9-7-19)38-14-23(25(36-38)21-4-3-5-22(33-21)26(29)30)34-27(39)24-15-40-28(35-24)18-10-31-32-11-18/h3-5,10-11,14-17,19-20,26H,6-9,12-13H2,1-2H3,(H,31,32)(H,34,39)/t16-,17+,19-,20-. The van der Waals surface area contributed by atoms with E-state index in [9.17, 15) is 13.6 Å². The number of hydrogen-bond acceptors (Lipinski definition) is 8. The number of aromatic nitrogens is 6. The van der Waals surface area contributed by atoms with Gasteiger partial charge in [0.05, 0.1) is 41.4 Å². The number of rotatable bonds is 7. The average Bonchev–Trinajstić information content (AvgIpc) is 3.74. The van der Waals surface area contributed by atoms with Crippen molar-refractivity contribution in [3.05, 3.63) is 54.4 Å². The molecule has 0 radical (unpaired) electrons. The van der Waals surface area contributed by atoms with Crippen molar-refractivity contribution in [1.82, 2.24) is 34.8 Å². The predicted octanol–water partition coefficient (Wildman–Crippen LogP) is 5.11. The van der Waals surface area contributed by atoms with Crippen molar-refractivity contribution in [2.24, 2.45) is 0 Å². The summed E-state index contributed by atoms with van der Waals surface area (Å²) in [6.07, 6.45) is 7.68. The van der Waals surface area contributed by atoms with Crippen LogP contribution in [0.15, 0.2) is 47.5 Å². The Bertz CT molecular complexity index is 1470. The normalized spacial score (nSPS) is 23.6. The molecule has 2 fully saturated rings. The van der Waals surface area contributed by atoms with Gasteiger partial charge < -0.3 is 14.5 Å². The highest BCUT2D eigenvalue weighted by Crippen LogP contribution is 2.35. The van der Waals surface area contributed by atoms with Crippen LogP contribution in [-0.2, 0) is 4.74 Å². The number of halogens is 2. The number of morpholine rings is 1. The van der Waals surface area contributed by atoms with E-state index in [-0.39, 0.29) is 41.2 Å². The van der Waals surface area contributed by atoms with Gasteiger partial charge in [0.2, 0.25) is 5.89 Å². The molecule has 1 saturated heterocycles. The van der Waals surface area contributed by atoms with E-state index in [1.54, 1.807) is 18.5 Å². The molecule has 4 aromatic heterocycles. The number of carbonyl (C=O) groups is 1. The first-order chi connectivity index (χ1) is 19.8. The smallest absolute Gasteiger partial charge is 0.280 e. The van der Waals surface area contributed by atoms with E-state index in [0.29, 0.717) is 23.0 Å². The van der Waals surface area contributed by atoms with Gasteiger partial charge in [-0.25, -0.2) is 18.7 Å². The topological polar surface area (TPSA) is 127 Å². The van der Waals surface area contributed by atoms with Crippen LogP contribution in [0.4, 0.5) is 14.5 Å². The van der Waals surface area contributed by atoms with Crippen LogP contribution in [-0.4, -0.2) is 72.1 Å². The van der Waals surface area contributed by atoms with Crippen LogP contribution >= 0.6 is 0 Å². The van der Waals surface area contributed by atoms with E-state index < -0.39 is 12.3 Å². The lowest BCUT2D eigenvalue weighted by Crippen LogP contribution is -2.51. The molecule has 13 heteroatoms. The van der Waals surface area contributed by atoms with E-state index in [0.717, 1.165) is 38.8 Å². The Labute approximate surface area is 235 Å². The third kappa shape index (κ3) is 5.91. The summed E-state index contributed by atoms with van der Waals surface area (Å²) < 4.78 is 40.1. The minimum atomic E-state index is -2.73. The van der Waals surface area contributed by atoms with E-state index in [1.807, 2.05) is 4.68 Å².